The summed E-state index contributed by atoms with van der Waals surface area (Å²) in [5.41, 5.74) is 3.61. The fourth-order valence-electron chi connectivity index (χ4n) is 6.60. The first-order valence-electron chi connectivity index (χ1n) is 12.7. The molecule has 1 aromatic rings. The van der Waals surface area contributed by atoms with Crippen molar-refractivity contribution in [2.24, 2.45) is 35.3 Å². The highest BCUT2D eigenvalue weighted by molar-refractivity contribution is 6.32. The molecule has 0 saturated heterocycles. The Morgan fingerprint density at radius 1 is 1.24 bits per heavy atom. The van der Waals surface area contributed by atoms with Gasteiger partial charge in [0.1, 0.15) is 11.5 Å². The first-order chi connectivity index (χ1) is 17.8. The van der Waals surface area contributed by atoms with E-state index in [1.165, 1.54) is 18.1 Å². The lowest BCUT2D eigenvalue weighted by Gasteiger charge is -2.52. The van der Waals surface area contributed by atoms with Gasteiger partial charge in [0.25, 0.3) is 0 Å². The minimum absolute atomic E-state index is 0.0103. The molecule has 2 saturated carbocycles. The average Bonchev–Trinajstić information content (AvgIpc) is 2.80. The maximum Gasteiger partial charge on any atom is 0.235 e. The quantitative estimate of drug-likeness (QED) is 0.341. The van der Waals surface area contributed by atoms with Gasteiger partial charge in [-0.3, -0.25) is 28.9 Å². The lowest BCUT2D eigenvalue weighted by molar-refractivity contribution is -0.181. The summed E-state index contributed by atoms with van der Waals surface area (Å²) in [6, 6.07) is 0.280. The van der Waals surface area contributed by atoms with Crippen molar-refractivity contribution in [3.05, 3.63) is 22.8 Å². The standard InChI is InChI=1S/C27H35N3O8/c1-11(2)9-29-10-13-8-16(31)18-14(23(13)38-5)6-12-7-15-20(30(3)4)22(33)19(26(28)36)25(35)27(15,37)24(34)17(12)21(18)32/h8,11-12,15,17,19-20,29,31,37H,6-7,9-10H2,1-5H3,(H2,28,36)/t12-,15-,17?,19?,20-,27-/m0/s1. The van der Waals surface area contributed by atoms with Crippen LogP contribution in [0.15, 0.2) is 6.07 Å². The zero-order valence-electron chi connectivity index (χ0n) is 22.2. The molecular formula is C27H35N3O8. The molecule has 1 aromatic carbocycles. The van der Waals surface area contributed by atoms with Crippen molar-refractivity contribution in [2.45, 2.75) is 44.9 Å². The molecule has 3 aliphatic carbocycles. The molecular weight excluding hydrogens is 494 g/mol. The van der Waals surface area contributed by atoms with Gasteiger partial charge in [0, 0.05) is 23.6 Å². The number of nitrogens with one attached hydrogen (secondary N) is 1. The highest BCUT2D eigenvalue weighted by Gasteiger charge is 2.69. The third-order valence-electron chi connectivity index (χ3n) is 8.16. The molecule has 0 spiro atoms. The number of ketones is 4. The number of amides is 1. The Morgan fingerprint density at radius 3 is 2.45 bits per heavy atom. The number of aliphatic hydroxyl groups is 1. The van der Waals surface area contributed by atoms with Crippen LogP contribution in [0.2, 0.25) is 0 Å². The second-order valence-corrected chi connectivity index (χ2v) is 11.3. The largest absolute Gasteiger partial charge is 0.507 e. The second-order valence-electron chi connectivity index (χ2n) is 11.3. The molecule has 6 atom stereocenters. The van der Waals surface area contributed by atoms with Crippen LogP contribution in [0.1, 0.15) is 41.8 Å². The summed E-state index contributed by atoms with van der Waals surface area (Å²) in [6.07, 6.45) is 0.143. The first kappa shape index (κ1) is 27.9. The lowest BCUT2D eigenvalue weighted by Crippen LogP contribution is -2.74. The molecule has 0 bridgehead atoms. The van der Waals surface area contributed by atoms with Crippen molar-refractivity contribution in [2.75, 3.05) is 27.7 Å². The topological polar surface area (TPSA) is 176 Å². The van der Waals surface area contributed by atoms with Crippen molar-refractivity contribution in [1.29, 1.82) is 0 Å². The van der Waals surface area contributed by atoms with Gasteiger partial charge in [-0.1, -0.05) is 13.8 Å². The van der Waals surface area contributed by atoms with E-state index in [9.17, 15) is 34.2 Å². The molecule has 0 aromatic heterocycles. The number of likely N-dealkylation sites (N-methyl/N-ethyl adjacent to an activating group) is 1. The van der Waals surface area contributed by atoms with Crippen LogP contribution < -0.4 is 15.8 Å². The fourth-order valence-corrected chi connectivity index (χ4v) is 6.60. The van der Waals surface area contributed by atoms with Gasteiger partial charge in [-0.05, 0) is 51.4 Å². The van der Waals surface area contributed by atoms with Gasteiger partial charge in [0.2, 0.25) is 5.91 Å². The molecule has 0 heterocycles. The number of ether oxygens (including phenoxy) is 1. The number of primary amides is 1. The summed E-state index contributed by atoms with van der Waals surface area (Å²) in [4.78, 5) is 67.6. The summed E-state index contributed by atoms with van der Waals surface area (Å²) < 4.78 is 5.67. The minimum Gasteiger partial charge on any atom is -0.507 e. The van der Waals surface area contributed by atoms with Crippen LogP contribution in [0.3, 0.4) is 0 Å². The van der Waals surface area contributed by atoms with Crippen LogP contribution in [-0.2, 0) is 32.1 Å². The Labute approximate surface area is 220 Å². The Morgan fingerprint density at radius 2 is 1.89 bits per heavy atom. The van der Waals surface area contributed by atoms with E-state index in [2.05, 4.69) is 19.2 Å². The Kier molecular flexibility index (Phi) is 7.24. The van der Waals surface area contributed by atoms with Gasteiger partial charge in [-0.25, -0.2) is 0 Å². The van der Waals surface area contributed by atoms with Gasteiger partial charge in [0.05, 0.1) is 24.6 Å². The van der Waals surface area contributed by atoms with E-state index in [0.29, 0.717) is 29.3 Å². The van der Waals surface area contributed by atoms with Crippen LogP contribution in [0, 0.1) is 29.6 Å². The predicted molar refractivity (Wildman–Crippen MR) is 134 cm³/mol. The van der Waals surface area contributed by atoms with Crippen molar-refractivity contribution in [3.63, 3.8) is 0 Å². The Balaban J connectivity index is 1.81. The van der Waals surface area contributed by atoms with Crippen LogP contribution >= 0.6 is 0 Å². The summed E-state index contributed by atoms with van der Waals surface area (Å²) in [5, 5.41) is 25.8. The molecule has 4 rings (SSSR count). The third-order valence-corrected chi connectivity index (χ3v) is 8.16. The van der Waals surface area contributed by atoms with Crippen molar-refractivity contribution in [1.82, 2.24) is 10.2 Å². The van der Waals surface area contributed by atoms with E-state index in [0.717, 1.165) is 6.54 Å². The van der Waals surface area contributed by atoms with Gasteiger partial charge >= 0.3 is 0 Å². The molecule has 11 nitrogen and oxygen atoms in total. The maximum atomic E-state index is 13.8. The molecule has 0 radical (unpaired) electrons. The fraction of sp³-hybridized carbons (Fsp3) is 0.593. The van der Waals surface area contributed by atoms with Crippen LogP contribution in [0.25, 0.3) is 0 Å². The van der Waals surface area contributed by atoms with Gasteiger partial charge in [-0.15, -0.1) is 0 Å². The second kappa shape index (κ2) is 9.87. The number of hydrogen-bond donors (Lipinski definition) is 4. The molecule has 2 unspecified atom stereocenters. The van der Waals surface area contributed by atoms with Crippen molar-refractivity contribution >= 4 is 29.0 Å². The summed E-state index contributed by atoms with van der Waals surface area (Å²) >= 11 is 0. The van der Waals surface area contributed by atoms with E-state index >= 15 is 0 Å². The predicted octanol–water partition coefficient (Wildman–Crippen LogP) is -0.379. The van der Waals surface area contributed by atoms with E-state index in [-0.39, 0.29) is 24.2 Å². The molecule has 38 heavy (non-hydrogen) atoms. The molecule has 3 aliphatic rings. The van der Waals surface area contributed by atoms with Crippen LogP contribution in [0.4, 0.5) is 0 Å². The molecule has 206 valence electrons. The van der Waals surface area contributed by atoms with E-state index in [1.54, 1.807) is 14.1 Å². The third kappa shape index (κ3) is 4.04. The Hall–Kier alpha value is -3.15. The van der Waals surface area contributed by atoms with Gasteiger partial charge in [0.15, 0.2) is 34.7 Å². The number of phenols is 1. The number of fused-ring (bicyclic) bond motifs is 3. The number of carbonyl (C=O) groups excluding carboxylic acids is 5. The number of rotatable bonds is 7. The number of hydrogen-bond acceptors (Lipinski definition) is 10. The molecule has 1 amide bonds. The van der Waals surface area contributed by atoms with Gasteiger partial charge in [-0.2, -0.15) is 0 Å². The van der Waals surface area contributed by atoms with Crippen molar-refractivity contribution in [3.8, 4) is 11.5 Å². The maximum absolute atomic E-state index is 13.8. The Bertz CT molecular complexity index is 1230. The van der Waals surface area contributed by atoms with E-state index < -0.39 is 64.4 Å². The number of nitrogens with two attached hydrogens (primary N) is 1. The van der Waals surface area contributed by atoms with Crippen LogP contribution in [0.5, 0.6) is 11.5 Å². The molecule has 5 N–H and O–H groups in total. The van der Waals surface area contributed by atoms with E-state index in [4.69, 9.17) is 10.5 Å². The number of Topliss-reactive ketones (excluding diaryl/α,β-unsaturated/α-hetero) is 4. The highest BCUT2D eigenvalue weighted by Crippen LogP contribution is 2.52. The van der Waals surface area contributed by atoms with Crippen LogP contribution in [-0.4, -0.2) is 83.5 Å². The summed E-state index contributed by atoms with van der Waals surface area (Å²) in [7, 11) is 4.56. The first-order valence-corrected chi connectivity index (χ1v) is 12.7. The number of phenolic OH excluding ortho intramolecular Hbond substituents is 1. The number of carbonyl (C=O) groups is 5. The summed E-state index contributed by atoms with van der Waals surface area (Å²) in [6.45, 7) is 5.22. The monoisotopic (exact) mass is 529 g/mol. The highest BCUT2D eigenvalue weighted by atomic mass is 16.5. The summed E-state index contributed by atoms with van der Waals surface area (Å²) in [5.74, 6) is -9.88. The van der Waals surface area contributed by atoms with E-state index in [1.807, 2.05) is 0 Å². The number of benzene rings is 1. The molecule has 0 aliphatic heterocycles. The normalized spacial score (nSPS) is 30.8. The number of nitrogens with zero attached hydrogens (tertiary/aromatic N) is 1. The average molecular weight is 530 g/mol. The molecule has 2 fully saturated rings. The van der Waals surface area contributed by atoms with Gasteiger partial charge < -0.3 is 26.0 Å². The molecule has 11 heteroatoms. The number of aromatic hydroxyl groups is 1. The SMILES string of the molecule is COc1c(CNCC(C)C)cc(O)c2c1C[C@H]1C[C@H]3[C@H](N(C)C)C(=O)C(C(N)=O)C(=O)[C@@]3(O)C(=O)C1C2=O. The zero-order valence-corrected chi connectivity index (χ0v) is 22.2. The lowest BCUT2D eigenvalue weighted by atomic mass is 9.52. The number of methoxy groups -OCH3 is 1. The van der Waals surface area contributed by atoms with Crippen molar-refractivity contribution < 1.29 is 38.9 Å². The smallest absolute Gasteiger partial charge is 0.235 e. The minimum atomic E-state index is -2.74. The zero-order chi connectivity index (χ0) is 28.3.